The lowest BCUT2D eigenvalue weighted by atomic mass is 10.2. The van der Waals surface area contributed by atoms with Crippen LogP contribution in [0, 0.1) is 5.82 Å². The van der Waals surface area contributed by atoms with E-state index in [1.807, 2.05) is 0 Å². The highest BCUT2D eigenvalue weighted by atomic mass is 35.5. The lowest BCUT2D eigenvalue weighted by Crippen LogP contribution is -2.48. The molecule has 1 amide bonds. The van der Waals surface area contributed by atoms with Crippen LogP contribution in [0.3, 0.4) is 0 Å². The molecular formula is C19H17Cl2FN2O. The number of carbonyl (C=O) groups excluding carboxylic acids is 1. The fraction of sp³-hybridized carbons (Fsp3) is 0.211. The summed E-state index contributed by atoms with van der Waals surface area (Å²) in [7, 11) is 0. The van der Waals surface area contributed by atoms with Gasteiger partial charge in [-0.3, -0.25) is 4.79 Å². The number of rotatable bonds is 3. The topological polar surface area (TPSA) is 23.6 Å². The Labute approximate surface area is 156 Å². The predicted molar refractivity (Wildman–Crippen MR) is 101 cm³/mol. The van der Waals surface area contributed by atoms with E-state index < -0.39 is 0 Å². The third-order valence-electron chi connectivity index (χ3n) is 4.18. The third kappa shape index (κ3) is 4.33. The number of anilines is 1. The zero-order valence-corrected chi connectivity index (χ0v) is 15.0. The summed E-state index contributed by atoms with van der Waals surface area (Å²) in [6.45, 7) is 2.63. The summed E-state index contributed by atoms with van der Waals surface area (Å²) in [5.41, 5.74) is 1.61. The van der Waals surface area contributed by atoms with E-state index in [9.17, 15) is 9.18 Å². The Hall–Kier alpha value is -2.04. The minimum Gasteiger partial charge on any atom is -0.368 e. The fourth-order valence-corrected chi connectivity index (χ4v) is 3.29. The average Bonchev–Trinajstić information content (AvgIpc) is 2.62. The van der Waals surface area contributed by atoms with Crippen molar-refractivity contribution in [3.05, 3.63) is 70.0 Å². The number of hydrogen-bond donors (Lipinski definition) is 0. The van der Waals surface area contributed by atoms with Gasteiger partial charge in [0.05, 0.1) is 0 Å². The molecule has 0 radical (unpaired) electrons. The molecule has 2 aromatic carbocycles. The molecule has 0 atom stereocenters. The van der Waals surface area contributed by atoms with Gasteiger partial charge in [-0.25, -0.2) is 4.39 Å². The standard InChI is InChI=1S/C19H17Cl2FN2O/c20-17-2-1-3-18(21)16(17)8-9-19(25)24-12-10-23(11-13-24)15-6-4-14(22)5-7-15/h1-9H,10-13H2/b9-8+. The number of hydrogen-bond acceptors (Lipinski definition) is 2. The first kappa shape index (κ1) is 17.8. The second-order valence-corrected chi connectivity index (χ2v) is 6.57. The summed E-state index contributed by atoms with van der Waals surface area (Å²) in [6.07, 6.45) is 3.15. The van der Waals surface area contributed by atoms with Gasteiger partial charge in [0, 0.05) is 53.6 Å². The van der Waals surface area contributed by atoms with Crippen molar-refractivity contribution < 1.29 is 9.18 Å². The normalized spacial score (nSPS) is 15.0. The van der Waals surface area contributed by atoms with Crippen molar-refractivity contribution in [1.29, 1.82) is 0 Å². The Balaban J connectivity index is 1.60. The highest BCUT2D eigenvalue weighted by Gasteiger charge is 2.20. The molecule has 1 aliphatic heterocycles. The molecule has 0 spiro atoms. The minimum atomic E-state index is -0.249. The first-order valence-electron chi connectivity index (χ1n) is 7.96. The summed E-state index contributed by atoms with van der Waals surface area (Å²) in [4.78, 5) is 16.3. The summed E-state index contributed by atoms with van der Waals surface area (Å²) >= 11 is 12.2. The number of piperazine rings is 1. The van der Waals surface area contributed by atoms with Gasteiger partial charge in [0.2, 0.25) is 5.91 Å². The number of nitrogens with zero attached hydrogens (tertiary/aromatic N) is 2. The number of amides is 1. The highest BCUT2D eigenvalue weighted by Crippen LogP contribution is 2.25. The molecule has 0 aliphatic carbocycles. The van der Waals surface area contributed by atoms with Gasteiger partial charge in [-0.1, -0.05) is 29.3 Å². The zero-order valence-electron chi connectivity index (χ0n) is 13.5. The van der Waals surface area contributed by atoms with Crippen LogP contribution in [0.25, 0.3) is 6.08 Å². The van der Waals surface area contributed by atoms with Crippen LogP contribution in [0.15, 0.2) is 48.5 Å². The zero-order chi connectivity index (χ0) is 17.8. The van der Waals surface area contributed by atoms with Crippen LogP contribution in [0.1, 0.15) is 5.56 Å². The first-order valence-corrected chi connectivity index (χ1v) is 8.72. The molecule has 6 heteroatoms. The van der Waals surface area contributed by atoms with E-state index in [-0.39, 0.29) is 11.7 Å². The molecule has 2 aromatic rings. The lowest BCUT2D eigenvalue weighted by molar-refractivity contribution is -0.126. The monoisotopic (exact) mass is 378 g/mol. The van der Waals surface area contributed by atoms with Crippen molar-refractivity contribution in [1.82, 2.24) is 4.90 Å². The third-order valence-corrected chi connectivity index (χ3v) is 4.83. The molecule has 1 fully saturated rings. The van der Waals surface area contributed by atoms with Gasteiger partial charge in [0.25, 0.3) is 0 Å². The SMILES string of the molecule is O=C(/C=C/c1c(Cl)cccc1Cl)N1CCN(c2ccc(F)cc2)CC1. The predicted octanol–water partition coefficient (Wildman–Crippen LogP) is 4.49. The Morgan fingerprint density at radius 1 is 0.960 bits per heavy atom. The second kappa shape index (κ2) is 7.89. The molecule has 130 valence electrons. The molecular weight excluding hydrogens is 362 g/mol. The van der Waals surface area contributed by atoms with Crippen LogP contribution >= 0.6 is 23.2 Å². The van der Waals surface area contributed by atoms with Crippen molar-refractivity contribution in [3.8, 4) is 0 Å². The molecule has 0 bridgehead atoms. The summed E-state index contributed by atoms with van der Waals surface area (Å²) in [5.74, 6) is -0.323. The van der Waals surface area contributed by atoms with Gasteiger partial charge in [0.1, 0.15) is 5.82 Å². The van der Waals surface area contributed by atoms with Crippen LogP contribution in [0.4, 0.5) is 10.1 Å². The summed E-state index contributed by atoms with van der Waals surface area (Å²) in [6, 6.07) is 11.6. The van der Waals surface area contributed by atoms with Gasteiger partial charge in [0.15, 0.2) is 0 Å². The Morgan fingerprint density at radius 3 is 2.16 bits per heavy atom. The number of halogens is 3. The van der Waals surface area contributed by atoms with E-state index in [1.165, 1.54) is 18.2 Å². The van der Waals surface area contributed by atoms with Crippen LogP contribution in [-0.2, 0) is 4.79 Å². The van der Waals surface area contributed by atoms with Crippen molar-refractivity contribution in [2.24, 2.45) is 0 Å². The smallest absolute Gasteiger partial charge is 0.246 e. The van der Waals surface area contributed by atoms with E-state index >= 15 is 0 Å². The van der Waals surface area contributed by atoms with Gasteiger partial charge >= 0.3 is 0 Å². The molecule has 25 heavy (non-hydrogen) atoms. The Bertz CT molecular complexity index is 764. The molecule has 1 saturated heterocycles. The largest absolute Gasteiger partial charge is 0.368 e. The van der Waals surface area contributed by atoms with E-state index in [4.69, 9.17) is 23.2 Å². The van der Waals surface area contributed by atoms with E-state index in [0.29, 0.717) is 41.8 Å². The minimum absolute atomic E-state index is 0.0743. The van der Waals surface area contributed by atoms with Crippen LogP contribution in [-0.4, -0.2) is 37.0 Å². The first-order chi connectivity index (χ1) is 12.0. The van der Waals surface area contributed by atoms with Crippen molar-refractivity contribution >= 4 is 40.9 Å². The van der Waals surface area contributed by atoms with E-state index in [2.05, 4.69) is 4.90 Å². The molecule has 1 aliphatic rings. The molecule has 3 nitrogen and oxygen atoms in total. The van der Waals surface area contributed by atoms with Gasteiger partial charge in [-0.15, -0.1) is 0 Å². The van der Waals surface area contributed by atoms with E-state index in [1.54, 1.807) is 41.3 Å². The average molecular weight is 379 g/mol. The number of benzene rings is 2. The number of carbonyl (C=O) groups is 1. The summed E-state index contributed by atoms with van der Waals surface area (Å²) < 4.78 is 13.0. The molecule has 0 N–H and O–H groups in total. The quantitative estimate of drug-likeness (QED) is 0.734. The second-order valence-electron chi connectivity index (χ2n) is 5.76. The molecule has 0 saturated carbocycles. The van der Waals surface area contributed by atoms with Gasteiger partial charge in [-0.2, -0.15) is 0 Å². The maximum atomic E-state index is 13.0. The maximum absolute atomic E-state index is 13.0. The molecule has 1 heterocycles. The molecule has 3 rings (SSSR count). The van der Waals surface area contributed by atoms with Gasteiger partial charge < -0.3 is 9.80 Å². The fourth-order valence-electron chi connectivity index (χ4n) is 2.77. The van der Waals surface area contributed by atoms with Gasteiger partial charge in [-0.05, 0) is 42.5 Å². The Morgan fingerprint density at radius 2 is 1.56 bits per heavy atom. The maximum Gasteiger partial charge on any atom is 0.246 e. The molecule has 0 aromatic heterocycles. The van der Waals surface area contributed by atoms with E-state index in [0.717, 1.165) is 5.69 Å². The summed E-state index contributed by atoms with van der Waals surface area (Å²) in [5, 5.41) is 1.02. The van der Waals surface area contributed by atoms with Crippen LogP contribution in [0.2, 0.25) is 10.0 Å². The van der Waals surface area contributed by atoms with Crippen LogP contribution < -0.4 is 4.90 Å². The van der Waals surface area contributed by atoms with Crippen molar-refractivity contribution in [3.63, 3.8) is 0 Å². The highest BCUT2D eigenvalue weighted by molar-refractivity contribution is 6.37. The van der Waals surface area contributed by atoms with Crippen LogP contribution in [0.5, 0.6) is 0 Å². The van der Waals surface area contributed by atoms with Crippen molar-refractivity contribution in [2.75, 3.05) is 31.1 Å². The Kier molecular flexibility index (Phi) is 5.61. The lowest BCUT2D eigenvalue weighted by Gasteiger charge is -2.35. The molecule has 0 unspecified atom stereocenters. The van der Waals surface area contributed by atoms with Crippen molar-refractivity contribution in [2.45, 2.75) is 0 Å².